The molecule has 0 heterocycles. The molecule has 0 aliphatic carbocycles. The number of amides is 1. The number of rotatable bonds is 5. The molecule has 0 unspecified atom stereocenters. The van der Waals surface area contributed by atoms with E-state index in [9.17, 15) is 4.79 Å². The van der Waals surface area contributed by atoms with Crippen LogP contribution in [0.25, 0.3) is 0 Å². The summed E-state index contributed by atoms with van der Waals surface area (Å²) in [6.07, 6.45) is -0.483. The monoisotopic (exact) mass is 263 g/mol. The number of hydrogen-bond acceptors (Lipinski definition) is 2. The Hall–Kier alpha value is -1.51. The molecule has 1 N–H and O–H groups in total. The van der Waals surface area contributed by atoms with Crippen molar-refractivity contribution in [3.8, 4) is 5.75 Å². The molecule has 0 aromatic heterocycles. The molecular weight excluding hydrogens is 238 g/mol. The topological polar surface area (TPSA) is 38.3 Å². The first-order valence-electron chi connectivity index (χ1n) is 6.85. The number of ether oxygens (including phenoxy) is 1. The quantitative estimate of drug-likeness (QED) is 0.885. The fourth-order valence-electron chi connectivity index (χ4n) is 1.55. The Labute approximate surface area is 116 Å². The lowest BCUT2D eigenvalue weighted by molar-refractivity contribution is -0.128. The van der Waals surface area contributed by atoms with Crippen LogP contribution in [-0.4, -0.2) is 18.1 Å². The fourth-order valence-corrected chi connectivity index (χ4v) is 1.55. The Morgan fingerprint density at radius 1 is 1.11 bits per heavy atom. The van der Waals surface area contributed by atoms with Crippen LogP contribution in [0.2, 0.25) is 0 Å². The molecule has 0 fully saturated rings. The lowest BCUT2D eigenvalue weighted by Crippen LogP contribution is -2.43. The highest BCUT2D eigenvalue weighted by Crippen LogP contribution is 2.17. The maximum Gasteiger partial charge on any atom is 0.260 e. The molecule has 106 valence electrons. The molecule has 1 aromatic rings. The van der Waals surface area contributed by atoms with Gasteiger partial charge in [-0.15, -0.1) is 0 Å². The van der Waals surface area contributed by atoms with Gasteiger partial charge in [-0.2, -0.15) is 0 Å². The van der Waals surface area contributed by atoms with Crippen LogP contribution in [0.15, 0.2) is 18.2 Å². The van der Waals surface area contributed by atoms with Crippen LogP contribution < -0.4 is 10.1 Å². The Kier molecular flexibility index (Phi) is 5.40. The van der Waals surface area contributed by atoms with E-state index < -0.39 is 6.10 Å². The second-order valence-corrected chi connectivity index (χ2v) is 5.55. The minimum atomic E-state index is -0.483. The smallest absolute Gasteiger partial charge is 0.260 e. The van der Waals surface area contributed by atoms with E-state index in [1.165, 1.54) is 11.1 Å². The molecule has 0 saturated heterocycles. The zero-order valence-corrected chi connectivity index (χ0v) is 12.8. The molecule has 1 aromatic carbocycles. The van der Waals surface area contributed by atoms with Gasteiger partial charge in [-0.1, -0.05) is 19.9 Å². The summed E-state index contributed by atoms with van der Waals surface area (Å²) in [4.78, 5) is 12.0. The minimum Gasteiger partial charge on any atom is -0.481 e. The fraction of sp³-hybridized carbons (Fsp3) is 0.562. The van der Waals surface area contributed by atoms with Crippen LogP contribution in [0.5, 0.6) is 5.75 Å². The Bertz CT molecular complexity index is 440. The van der Waals surface area contributed by atoms with Crippen molar-refractivity contribution in [1.29, 1.82) is 0 Å². The summed E-state index contributed by atoms with van der Waals surface area (Å²) < 4.78 is 5.68. The van der Waals surface area contributed by atoms with Gasteiger partial charge in [0.05, 0.1) is 0 Å². The van der Waals surface area contributed by atoms with Crippen LogP contribution in [0.4, 0.5) is 0 Å². The highest BCUT2D eigenvalue weighted by Gasteiger charge is 2.18. The molecular formula is C16H25NO2. The number of benzene rings is 1. The van der Waals surface area contributed by atoms with Crippen molar-refractivity contribution in [2.45, 2.75) is 53.7 Å². The zero-order chi connectivity index (χ0) is 14.6. The predicted octanol–water partition coefficient (Wildman–Crippen LogP) is 3.23. The number of carbonyl (C=O) groups excluding carboxylic acids is 1. The highest BCUT2D eigenvalue weighted by molar-refractivity contribution is 5.81. The molecule has 0 spiro atoms. The van der Waals surface area contributed by atoms with Gasteiger partial charge in [-0.25, -0.2) is 0 Å². The highest BCUT2D eigenvalue weighted by atomic mass is 16.5. The molecule has 0 saturated carbocycles. The van der Waals surface area contributed by atoms with Crippen LogP contribution in [-0.2, 0) is 4.79 Å². The van der Waals surface area contributed by atoms with E-state index in [0.717, 1.165) is 5.75 Å². The molecule has 1 rings (SSSR count). The molecule has 0 bridgehead atoms. The van der Waals surface area contributed by atoms with Gasteiger partial charge in [0.1, 0.15) is 5.75 Å². The van der Waals surface area contributed by atoms with Crippen molar-refractivity contribution in [3.63, 3.8) is 0 Å². The lowest BCUT2D eigenvalue weighted by Gasteiger charge is -2.21. The molecule has 3 nitrogen and oxygen atoms in total. The average molecular weight is 263 g/mol. The van der Waals surface area contributed by atoms with Gasteiger partial charge in [-0.05, 0) is 56.9 Å². The van der Waals surface area contributed by atoms with Gasteiger partial charge < -0.3 is 10.1 Å². The van der Waals surface area contributed by atoms with Gasteiger partial charge in [0, 0.05) is 6.04 Å². The van der Waals surface area contributed by atoms with Crippen molar-refractivity contribution in [1.82, 2.24) is 5.32 Å². The first kappa shape index (κ1) is 15.5. The van der Waals surface area contributed by atoms with Crippen LogP contribution in [0, 0.1) is 19.8 Å². The lowest BCUT2D eigenvalue weighted by atomic mass is 10.1. The number of nitrogens with one attached hydrogen (secondary N) is 1. The van der Waals surface area contributed by atoms with E-state index in [2.05, 4.69) is 26.1 Å². The van der Waals surface area contributed by atoms with Gasteiger partial charge in [0.25, 0.3) is 5.91 Å². The Morgan fingerprint density at radius 2 is 1.74 bits per heavy atom. The molecule has 0 radical (unpaired) electrons. The number of hydrogen-bond donors (Lipinski definition) is 1. The van der Waals surface area contributed by atoms with Crippen LogP contribution >= 0.6 is 0 Å². The first-order chi connectivity index (χ1) is 8.81. The Morgan fingerprint density at radius 3 is 2.26 bits per heavy atom. The Balaban J connectivity index is 2.61. The van der Waals surface area contributed by atoms with Crippen LogP contribution in [0.3, 0.4) is 0 Å². The van der Waals surface area contributed by atoms with Crippen molar-refractivity contribution >= 4 is 5.91 Å². The predicted molar refractivity (Wildman–Crippen MR) is 78.4 cm³/mol. The molecule has 2 atom stereocenters. The summed E-state index contributed by atoms with van der Waals surface area (Å²) >= 11 is 0. The first-order valence-corrected chi connectivity index (χ1v) is 6.85. The molecule has 3 heteroatoms. The molecule has 0 aliphatic heterocycles. The van der Waals surface area contributed by atoms with E-state index in [0.29, 0.717) is 5.92 Å². The third kappa shape index (κ3) is 4.58. The molecule has 19 heavy (non-hydrogen) atoms. The summed E-state index contributed by atoms with van der Waals surface area (Å²) in [7, 11) is 0. The third-order valence-corrected chi connectivity index (χ3v) is 3.53. The second-order valence-electron chi connectivity index (χ2n) is 5.55. The molecule has 0 aliphatic rings. The van der Waals surface area contributed by atoms with Gasteiger partial charge in [0.2, 0.25) is 0 Å². The summed E-state index contributed by atoms with van der Waals surface area (Å²) in [5, 5.41) is 2.96. The summed E-state index contributed by atoms with van der Waals surface area (Å²) in [6.45, 7) is 12.0. The largest absolute Gasteiger partial charge is 0.481 e. The van der Waals surface area contributed by atoms with E-state index in [4.69, 9.17) is 4.74 Å². The van der Waals surface area contributed by atoms with Crippen molar-refractivity contribution < 1.29 is 9.53 Å². The van der Waals surface area contributed by atoms with E-state index in [-0.39, 0.29) is 11.9 Å². The van der Waals surface area contributed by atoms with Crippen LogP contribution in [0.1, 0.15) is 38.8 Å². The molecule has 1 amide bonds. The van der Waals surface area contributed by atoms with E-state index >= 15 is 0 Å². The maximum absolute atomic E-state index is 12.0. The number of aryl methyl sites for hydroxylation is 2. The normalized spacial score (nSPS) is 14.1. The van der Waals surface area contributed by atoms with Gasteiger partial charge in [0.15, 0.2) is 6.10 Å². The standard InChI is InChI=1S/C16H25NO2/c1-10(2)13(5)17-16(18)14(6)19-15-8-7-11(3)12(4)9-15/h7-10,13-14H,1-6H3,(H,17,18)/t13-,14-/m1/s1. The summed E-state index contributed by atoms with van der Waals surface area (Å²) in [5.41, 5.74) is 2.39. The summed E-state index contributed by atoms with van der Waals surface area (Å²) in [6, 6.07) is 6.02. The zero-order valence-electron chi connectivity index (χ0n) is 12.8. The van der Waals surface area contributed by atoms with Crippen molar-refractivity contribution in [2.24, 2.45) is 5.92 Å². The third-order valence-electron chi connectivity index (χ3n) is 3.53. The average Bonchev–Trinajstić information content (AvgIpc) is 2.33. The number of carbonyl (C=O) groups is 1. The minimum absolute atomic E-state index is 0.0700. The summed E-state index contributed by atoms with van der Waals surface area (Å²) in [5.74, 6) is 1.08. The maximum atomic E-state index is 12.0. The van der Waals surface area contributed by atoms with Gasteiger partial charge in [-0.3, -0.25) is 4.79 Å². The SMILES string of the molecule is Cc1ccc(O[C@H](C)C(=O)N[C@H](C)C(C)C)cc1C. The second kappa shape index (κ2) is 6.60. The van der Waals surface area contributed by atoms with Crippen molar-refractivity contribution in [3.05, 3.63) is 29.3 Å². The van der Waals surface area contributed by atoms with Gasteiger partial charge >= 0.3 is 0 Å². The van der Waals surface area contributed by atoms with Crippen molar-refractivity contribution in [2.75, 3.05) is 0 Å². The van der Waals surface area contributed by atoms with E-state index in [1.54, 1.807) is 6.92 Å². The van der Waals surface area contributed by atoms with E-state index in [1.807, 2.05) is 32.0 Å².